The average molecular weight is 566 g/mol. The Morgan fingerprint density at radius 2 is 1.98 bits per heavy atom. The van der Waals surface area contributed by atoms with E-state index in [4.69, 9.17) is 14.5 Å². The Morgan fingerprint density at radius 1 is 1.10 bits per heavy atom. The van der Waals surface area contributed by atoms with Crippen molar-refractivity contribution < 1.29 is 14.3 Å². The lowest BCUT2D eigenvalue weighted by Gasteiger charge is -2.41. The minimum atomic E-state index is -0.215. The van der Waals surface area contributed by atoms with E-state index in [-0.39, 0.29) is 18.5 Å². The highest BCUT2D eigenvalue weighted by molar-refractivity contribution is 5.85. The zero-order valence-corrected chi connectivity index (χ0v) is 24.0. The first kappa shape index (κ1) is 26.6. The summed E-state index contributed by atoms with van der Waals surface area (Å²) in [6.45, 7) is 6.87. The van der Waals surface area contributed by atoms with Crippen molar-refractivity contribution in [3.63, 3.8) is 0 Å². The first-order valence-electron chi connectivity index (χ1n) is 14.6. The number of rotatable bonds is 7. The molecule has 2 saturated heterocycles. The minimum absolute atomic E-state index is 0.0378. The molecule has 5 heterocycles. The van der Waals surface area contributed by atoms with Gasteiger partial charge in [-0.15, -0.1) is 0 Å². The number of nitrogens with one attached hydrogen (secondary N) is 1. The maximum Gasteiger partial charge on any atom is 0.243 e. The van der Waals surface area contributed by atoms with Gasteiger partial charge in [0.2, 0.25) is 5.91 Å². The Morgan fingerprint density at radius 3 is 2.81 bits per heavy atom. The fourth-order valence-electron chi connectivity index (χ4n) is 6.27. The van der Waals surface area contributed by atoms with Crippen molar-refractivity contribution in [1.82, 2.24) is 34.3 Å². The van der Waals surface area contributed by atoms with Crippen LogP contribution in [0, 0.1) is 12.8 Å². The molecule has 2 fully saturated rings. The molecule has 42 heavy (non-hydrogen) atoms. The van der Waals surface area contributed by atoms with Crippen molar-refractivity contribution in [2.45, 2.75) is 25.9 Å². The van der Waals surface area contributed by atoms with Gasteiger partial charge in [0.05, 0.1) is 42.3 Å². The van der Waals surface area contributed by atoms with Crippen LogP contribution in [0.2, 0.25) is 0 Å². The van der Waals surface area contributed by atoms with Gasteiger partial charge >= 0.3 is 0 Å². The molecule has 1 amide bonds. The van der Waals surface area contributed by atoms with Crippen LogP contribution in [-0.2, 0) is 16.1 Å². The van der Waals surface area contributed by atoms with Gasteiger partial charge in [-0.3, -0.25) is 14.7 Å². The molecule has 0 saturated carbocycles. The van der Waals surface area contributed by atoms with Gasteiger partial charge in [-0.1, -0.05) is 24.3 Å². The van der Waals surface area contributed by atoms with E-state index in [1.165, 1.54) is 0 Å². The van der Waals surface area contributed by atoms with Crippen LogP contribution in [0.1, 0.15) is 24.1 Å². The van der Waals surface area contributed by atoms with Gasteiger partial charge in [0, 0.05) is 50.4 Å². The number of aromatic nitrogens is 5. The number of H-pyrrole nitrogens is 1. The van der Waals surface area contributed by atoms with Gasteiger partial charge in [-0.05, 0) is 42.8 Å². The molecule has 2 atom stereocenters. The number of carbonyl (C=O) groups is 1. The number of imidazole rings is 2. The number of hydrogen-bond donors (Lipinski definition) is 1. The Bertz CT molecular complexity index is 1740. The van der Waals surface area contributed by atoms with Crippen LogP contribution in [0.15, 0.2) is 60.9 Å². The molecule has 0 bridgehead atoms. The Balaban J connectivity index is 1.18. The number of nitrogens with zero attached hydrogens (tertiary/aromatic N) is 6. The summed E-state index contributed by atoms with van der Waals surface area (Å²) < 4.78 is 13.1. The van der Waals surface area contributed by atoms with E-state index in [1.54, 1.807) is 7.11 Å². The maximum absolute atomic E-state index is 14.0. The van der Waals surface area contributed by atoms with E-state index < -0.39 is 0 Å². The lowest BCUT2D eigenvalue weighted by Crippen LogP contribution is -2.52. The maximum atomic E-state index is 14.0. The monoisotopic (exact) mass is 565 g/mol. The van der Waals surface area contributed by atoms with Crippen LogP contribution in [-0.4, -0.2) is 86.7 Å². The third kappa shape index (κ3) is 5.12. The largest absolute Gasteiger partial charge is 0.497 e. The number of ether oxygens (including phenoxy) is 2. The molecule has 10 nitrogen and oxygen atoms in total. The third-order valence-corrected chi connectivity index (χ3v) is 8.58. The molecule has 10 heteroatoms. The minimum Gasteiger partial charge on any atom is -0.497 e. The Labute approximate surface area is 244 Å². The Kier molecular flexibility index (Phi) is 7.09. The number of hydrogen-bond acceptors (Lipinski definition) is 7. The summed E-state index contributed by atoms with van der Waals surface area (Å²) in [5, 5.41) is 2.22. The molecule has 0 spiro atoms. The van der Waals surface area contributed by atoms with Gasteiger partial charge in [-0.25, -0.2) is 9.97 Å². The number of fused-ring (bicyclic) bond motifs is 2. The van der Waals surface area contributed by atoms with Crippen molar-refractivity contribution >= 4 is 27.7 Å². The fraction of sp³-hybridized carbons (Fsp3) is 0.375. The van der Waals surface area contributed by atoms with Crippen LogP contribution in [0.5, 0.6) is 5.75 Å². The summed E-state index contributed by atoms with van der Waals surface area (Å²) in [6, 6.07) is 15.8. The van der Waals surface area contributed by atoms with Crippen molar-refractivity contribution in [3.8, 4) is 17.1 Å². The van der Waals surface area contributed by atoms with Crippen LogP contribution in [0.4, 0.5) is 0 Å². The van der Waals surface area contributed by atoms with E-state index in [2.05, 4.69) is 38.1 Å². The smallest absolute Gasteiger partial charge is 0.243 e. The first-order chi connectivity index (χ1) is 20.6. The number of methoxy groups -OCH3 is 1. The number of aromatic amines is 1. The molecule has 2 aliphatic rings. The zero-order chi connectivity index (χ0) is 28.6. The summed E-state index contributed by atoms with van der Waals surface area (Å²) in [5.41, 5.74) is 3.41. The van der Waals surface area contributed by atoms with Gasteiger partial charge in [0.15, 0.2) is 0 Å². The standard InChI is InChI=1S/C32H35N7O3/c1-21-35-26-8-7-25(41-2)14-29(26)39(21)19-31(40)38-11-10-37(17-22-9-12-42-20-22)18-30(38)32-34-16-28(36-32)27-13-23-5-3-4-6-24(23)15-33-27/h3-8,13-16,22,30H,9-12,17-20H2,1-2H3,(H,34,36)/t22?,30-/m0/s1. The van der Waals surface area contributed by atoms with Crippen molar-refractivity contribution in [3.05, 3.63) is 72.6 Å². The summed E-state index contributed by atoms with van der Waals surface area (Å²) >= 11 is 0. The predicted octanol–water partition coefficient (Wildman–Crippen LogP) is 4.21. The Hall–Kier alpha value is -4.28. The van der Waals surface area contributed by atoms with Crippen LogP contribution in [0.25, 0.3) is 33.2 Å². The summed E-state index contributed by atoms with van der Waals surface area (Å²) in [6.07, 6.45) is 4.80. The highest BCUT2D eigenvalue weighted by Crippen LogP contribution is 2.29. The molecule has 0 aliphatic carbocycles. The molecule has 2 aromatic carbocycles. The number of benzene rings is 2. The molecule has 5 aromatic rings. The molecule has 216 valence electrons. The topological polar surface area (TPSA) is 101 Å². The van der Waals surface area contributed by atoms with Gasteiger partial charge in [-0.2, -0.15) is 0 Å². The first-order valence-corrected chi connectivity index (χ1v) is 14.6. The van der Waals surface area contributed by atoms with Crippen LogP contribution >= 0.6 is 0 Å². The quantitative estimate of drug-likeness (QED) is 0.315. The number of aryl methyl sites for hydroxylation is 1. The second-order valence-corrected chi connectivity index (χ2v) is 11.3. The van der Waals surface area contributed by atoms with Crippen molar-refractivity contribution in [2.24, 2.45) is 5.92 Å². The number of carbonyl (C=O) groups excluding carboxylic acids is 1. The molecule has 1 N–H and O–H groups in total. The molecule has 2 aliphatic heterocycles. The third-order valence-electron chi connectivity index (χ3n) is 8.58. The summed E-state index contributed by atoms with van der Waals surface area (Å²) in [4.78, 5) is 36.1. The highest BCUT2D eigenvalue weighted by Gasteiger charge is 2.35. The lowest BCUT2D eigenvalue weighted by atomic mass is 10.1. The van der Waals surface area contributed by atoms with Crippen molar-refractivity contribution in [1.29, 1.82) is 0 Å². The predicted molar refractivity (Wildman–Crippen MR) is 160 cm³/mol. The number of piperazine rings is 1. The molecule has 1 unspecified atom stereocenters. The highest BCUT2D eigenvalue weighted by atomic mass is 16.5. The zero-order valence-electron chi connectivity index (χ0n) is 24.0. The number of pyridine rings is 1. The van der Waals surface area contributed by atoms with E-state index in [0.717, 1.165) is 83.3 Å². The molecule has 0 radical (unpaired) electrons. The van der Waals surface area contributed by atoms with Crippen LogP contribution in [0.3, 0.4) is 0 Å². The van der Waals surface area contributed by atoms with Crippen LogP contribution < -0.4 is 4.74 Å². The normalized spacial score (nSPS) is 19.6. The lowest BCUT2D eigenvalue weighted by molar-refractivity contribution is -0.137. The SMILES string of the molecule is COc1ccc2nc(C)n(CC(=O)N3CCN(CC4CCOC4)C[C@H]3c3ncc(-c4cc5ccccc5cn4)[nH]3)c2c1. The van der Waals surface area contributed by atoms with E-state index in [9.17, 15) is 4.79 Å². The average Bonchev–Trinajstić information content (AvgIpc) is 3.78. The second-order valence-electron chi connectivity index (χ2n) is 11.3. The fourth-order valence-corrected chi connectivity index (χ4v) is 6.27. The molecular formula is C32H35N7O3. The van der Waals surface area contributed by atoms with E-state index >= 15 is 0 Å². The summed E-state index contributed by atoms with van der Waals surface area (Å²) in [7, 11) is 1.65. The number of amides is 1. The molecule has 7 rings (SSSR count). The van der Waals surface area contributed by atoms with Gasteiger partial charge < -0.3 is 23.9 Å². The van der Waals surface area contributed by atoms with Gasteiger partial charge in [0.1, 0.15) is 30.0 Å². The second kappa shape index (κ2) is 11.2. The summed E-state index contributed by atoms with van der Waals surface area (Å²) in [5.74, 6) is 2.87. The van der Waals surface area contributed by atoms with Crippen molar-refractivity contribution in [2.75, 3.05) is 46.5 Å². The van der Waals surface area contributed by atoms with E-state index in [0.29, 0.717) is 19.0 Å². The molecule has 3 aromatic heterocycles. The van der Waals surface area contributed by atoms with E-state index in [1.807, 2.05) is 59.1 Å². The van der Waals surface area contributed by atoms with Gasteiger partial charge in [0.25, 0.3) is 0 Å². The molecular weight excluding hydrogens is 530 g/mol.